The van der Waals surface area contributed by atoms with Gasteiger partial charge in [0.2, 0.25) is 0 Å². The minimum absolute atomic E-state index is 0.783. The zero-order valence-corrected chi connectivity index (χ0v) is 53.4. The zero-order chi connectivity index (χ0) is 57.2. The molecule has 3 saturated carbocycles. The number of benzene rings is 3. The van der Waals surface area contributed by atoms with Crippen molar-refractivity contribution in [2.75, 3.05) is 57.3 Å². The molecule has 0 atom stereocenters. The first-order valence-electron chi connectivity index (χ1n) is 32.5. The first-order chi connectivity index (χ1) is 38.0. The van der Waals surface area contributed by atoms with Crippen LogP contribution in [0.4, 0.5) is 5.69 Å². The second kappa shape index (κ2) is 44.6. The van der Waals surface area contributed by atoms with Crippen LogP contribution in [0.3, 0.4) is 0 Å². The predicted octanol–water partition coefficient (Wildman–Crippen LogP) is 22.0. The molecule has 3 aromatic carbocycles. The van der Waals surface area contributed by atoms with Crippen LogP contribution in [0.1, 0.15) is 232 Å². The van der Waals surface area contributed by atoms with Crippen molar-refractivity contribution in [2.24, 2.45) is 17.8 Å². The molecule has 3 heteroatoms. The molecule has 0 N–H and O–H groups in total. The number of nitrogens with zero attached hydrogens (tertiary/aromatic N) is 3. The van der Waals surface area contributed by atoms with Gasteiger partial charge >= 0.3 is 0 Å². The third kappa shape index (κ3) is 28.3. The molecular formula is C75H121N3. The largest absolute Gasteiger partial charge is 0.369 e. The Bertz CT molecular complexity index is 2020. The van der Waals surface area contributed by atoms with Gasteiger partial charge in [0.1, 0.15) is 0 Å². The third-order valence-corrected chi connectivity index (χ3v) is 16.0. The van der Waals surface area contributed by atoms with Crippen molar-refractivity contribution in [3.8, 4) is 0 Å². The van der Waals surface area contributed by atoms with Crippen molar-refractivity contribution < 1.29 is 0 Å². The average molecular weight is 1060 g/mol. The van der Waals surface area contributed by atoms with Crippen molar-refractivity contribution in [3.05, 3.63) is 160 Å². The minimum Gasteiger partial charge on any atom is -0.369 e. The number of aryl methyl sites for hydroxylation is 3. The summed E-state index contributed by atoms with van der Waals surface area (Å²) in [5.41, 5.74) is 13.6. The van der Waals surface area contributed by atoms with Crippen LogP contribution in [-0.4, -0.2) is 62.2 Å². The Balaban J connectivity index is 0.000000340. The van der Waals surface area contributed by atoms with Gasteiger partial charge in [0.15, 0.2) is 0 Å². The van der Waals surface area contributed by atoms with E-state index in [0.29, 0.717) is 0 Å². The maximum absolute atomic E-state index is 2.61. The molecule has 1 saturated heterocycles. The van der Waals surface area contributed by atoms with Gasteiger partial charge < -0.3 is 9.80 Å². The first-order valence-corrected chi connectivity index (χ1v) is 32.5. The fourth-order valence-electron chi connectivity index (χ4n) is 10.9. The minimum atomic E-state index is 0.783. The fraction of sp³-hybridized carbons (Fsp3) is 0.600. The van der Waals surface area contributed by atoms with Gasteiger partial charge in [0.25, 0.3) is 0 Å². The van der Waals surface area contributed by atoms with Crippen molar-refractivity contribution in [1.82, 2.24) is 9.80 Å². The van der Waals surface area contributed by atoms with E-state index in [1.807, 2.05) is 13.8 Å². The summed E-state index contributed by atoms with van der Waals surface area (Å²) in [7, 11) is 0. The molecule has 1 aliphatic heterocycles. The quantitative estimate of drug-likeness (QED) is 0.0733. The Kier molecular flexibility index (Phi) is 39.9. The number of hydrogen-bond donors (Lipinski definition) is 0. The lowest BCUT2D eigenvalue weighted by atomic mass is 9.82. The highest BCUT2D eigenvalue weighted by atomic mass is 15.3. The molecule has 0 bridgehead atoms. The normalized spacial score (nSPS) is 16.8. The van der Waals surface area contributed by atoms with E-state index in [4.69, 9.17) is 0 Å². The van der Waals surface area contributed by atoms with Gasteiger partial charge in [-0.05, 0) is 200 Å². The Hall–Kier alpha value is -4.18. The molecule has 436 valence electrons. The SMILES string of the molecule is CC.CC1CCCCC1.CCCCCCN(CCC)CCC.CCCCCN1CCN(c2ccc(C)cc2)CC1.C\C=C/C(=C\C1CCC1)C(=C/C)/c1ccccc1C.C\C=C/C(=C\C1CCC1)C(=C/C)/c1ccccc1C. The Labute approximate surface area is 484 Å². The smallest absolute Gasteiger partial charge is 0.0367 e. The summed E-state index contributed by atoms with van der Waals surface area (Å²) in [5, 5.41) is 0. The van der Waals surface area contributed by atoms with E-state index in [1.54, 1.807) is 0 Å². The van der Waals surface area contributed by atoms with Crippen molar-refractivity contribution in [1.29, 1.82) is 0 Å². The summed E-state index contributed by atoms with van der Waals surface area (Å²) in [4.78, 5) is 7.73. The molecule has 3 nitrogen and oxygen atoms in total. The van der Waals surface area contributed by atoms with E-state index < -0.39 is 0 Å². The summed E-state index contributed by atoms with van der Waals surface area (Å²) in [6, 6.07) is 26.2. The highest BCUT2D eigenvalue weighted by Crippen LogP contribution is 2.35. The van der Waals surface area contributed by atoms with Crippen LogP contribution in [0, 0.1) is 38.5 Å². The van der Waals surface area contributed by atoms with Crippen LogP contribution < -0.4 is 4.90 Å². The molecule has 1 heterocycles. The van der Waals surface area contributed by atoms with Crippen LogP contribution in [0.5, 0.6) is 0 Å². The van der Waals surface area contributed by atoms with E-state index in [0.717, 1.165) is 17.8 Å². The van der Waals surface area contributed by atoms with E-state index in [-0.39, 0.29) is 0 Å². The van der Waals surface area contributed by atoms with E-state index in [2.05, 4.69) is 219 Å². The predicted molar refractivity (Wildman–Crippen MR) is 354 cm³/mol. The van der Waals surface area contributed by atoms with Gasteiger partial charge in [0, 0.05) is 31.9 Å². The Morgan fingerprint density at radius 3 is 1.33 bits per heavy atom. The third-order valence-electron chi connectivity index (χ3n) is 16.0. The molecular weight excluding hydrogens is 943 g/mol. The van der Waals surface area contributed by atoms with Gasteiger partial charge in [-0.2, -0.15) is 0 Å². The van der Waals surface area contributed by atoms with Gasteiger partial charge in [-0.15, -0.1) is 0 Å². The average Bonchev–Trinajstić information content (AvgIpc) is 3.43. The van der Waals surface area contributed by atoms with Crippen LogP contribution in [0.15, 0.2) is 133 Å². The molecule has 4 aliphatic rings. The summed E-state index contributed by atoms with van der Waals surface area (Å²) in [5.74, 6) is 2.60. The maximum Gasteiger partial charge on any atom is 0.0367 e. The Morgan fingerprint density at radius 2 is 0.962 bits per heavy atom. The number of allylic oxidation sites excluding steroid dienone is 12. The molecule has 4 fully saturated rings. The standard InChI is InChI=1S/2C19H24.C16H26N2.C12H27N.C7H14.C2H6/c2*1-4-9-17(14-16-11-8-12-16)18(5-2)19-13-7-6-10-15(19)3;1-3-4-5-10-17-11-13-18(14-12-17)16-8-6-15(2)7-9-16;1-4-7-8-9-12-13(10-5-2)11-6-3;1-7-5-3-2-4-6-7;1-2/h2*4-7,9-10,13-14,16H,8,11-12H2,1-3H3;6-9H,3-5,10-14H2,1-2H3;4-12H2,1-3H3;7H,2-6H2,1H3;1-2H3/b2*9-4-,17-14+,18-5-;;;;. The van der Waals surface area contributed by atoms with Crippen molar-refractivity contribution in [2.45, 2.75) is 225 Å². The molecule has 78 heavy (non-hydrogen) atoms. The molecule has 3 aromatic rings. The highest BCUT2D eigenvalue weighted by Gasteiger charge is 2.19. The number of hydrogen-bond acceptors (Lipinski definition) is 3. The fourth-order valence-corrected chi connectivity index (χ4v) is 10.9. The lowest BCUT2D eigenvalue weighted by molar-refractivity contribution is 0.252. The second-order valence-corrected chi connectivity index (χ2v) is 22.7. The first kappa shape index (κ1) is 69.9. The molecule has 3 aliphatic carbocycles. The molecule has 0 radical (unpaired) electrons. The summed E-state index contributed by atoms with van der Waals surface area (Å²) < 4.78 is 0. The van der Waals surface area contributed by atoms with Gasteiger partial charge in [-0.3, -0.25) is 4.90 Å². The highest BCUT2D eigenvalue weighted by molar-refractivity contribution is 5.84. The maximum atomic E-state index is 2.61. The number of rotatable bonds is 22. The van der Waals surface area contributed by atoms with Crippen molar-refractivity contribution in [3.63, 3.8) is 0 Å². The number of unbranched alkanes of at least 4 members (excludes halogenated alkanes) is 5. The van der Waals surface area contributed by atoms with Crippen LogP contribution in [-0.2, 0) is 0 Å². The summed E-state index contributed by atoms with van der Waals surface area (Å²) >= 11 is 0. The second-order valence-electron chi connectivity index (χ2n) is 22.7. The molecule has 0 amide bonds. The number of piperazine rings is 1. The molecule has 0 aromatic heterocycles. The van der Waals surface area contributed by atoms with Gasteiger partial charge in [-0.25, -0.2) is 0 Å². The van der Waals surface area contributed by atoms with Gasteiger partial charge in [-0.1, -0.05) is 240 Å². The molecule has 7 rings (SSSR count). The van der Waals surface area contributed by atoms with E-state index in [9.17, 15) is 0 Å². The Morgan fingerprint density at radius 1 is 0.500 bits per heavy atom. The van der Waals surface area contributed by atoms with Crippen LogP contribution >= 0.6 is 0 Å². The monoisotopic (exact) mass is 1060 g/mol. The lowest BCUT2D eigenvalue weighted by Crippen LogP contribution is -2.46. The summed E-state index contributed by atoms with van der Waals surface area (Å²) in [6.45, 7) is 40.4. The zero-order valence-electron chi connectivity index (χ0n) is 53.4. The van der Waals surface area contributed by atoms with Crippen LogP contribution in [0.25, 0.3) is 11.1 Å². The molecule has 0 unspecified atom stereocenters. The lowest BCUT2D eigenvalue weighted by Gasteiger charge is -2.36. The van der Waals surface area contributed by atoms with E-state index >= 15 is 0 Å². The van der Waals surface area contributed by atoms with Crippen LogP contribution in [0.2, 0.25) is 0 Å². The van der Waals surface area contributed by atoms with Gasteiger partial charge in [0.05, 0.1) is 0 Å². The number of anilines is 1. The van der Waals surface area contributed by atoms with E-state index in [1.165, 1.54) is 237 Å². The molecule has 0 spiro atoms. The summed E-state index contributed by atoms with van der Waals surface area (Å²) in [6.07, 6.45) is 46.1. The van der Waals surface area contributed by atoms with Crippen molar-refractivity contribution >= 4 is 16.8 Å². The topological polar surface area (TPSA) is 9.72 Å².